The number of hydrogen-bond donors (Lipinski definition) is 0. The normalized spacial score (nSPS) is 16.1. The van der Waals surface area contributed by atoms with E-state index in [1.807, 2.05) is 0 Å². The van der Waals surface area contributed by atoms with Crippen LogP contribution in [0.25, 0.3) is 5.57 Å². The van der Waals surface area contributed by atoms with Crippen LogP contribution in [0.1, 0.15) is 16.0 Å². The van der Waals surface area contributed by atoms with Gasteiger partial charge in [-0.3, -0.25) is 9.69 Å². The highest BCUT2D eigenvalue weighted by Crippen LogP contribution is 2.41. The highest BCUT2D eigenvalue weighted by Gasteiger charge is 2.44. The molecule has 0 radical (unpaired) electrons. The first-order valence-electron chi connectivity index (χ1n) is 6.84. The van der Waals surface area contributed by atoms with Crippen LogP contribution in [0.3, 0.4) is 0 Å². The van der Waals surface area contributed by atoms with Crippen molar-refractivity contribution in [3.63, 3.8) is 0 Å². The Balaban J connectivity index is 2.25. The maximum atomic E-state index is 13.0. The molecule has 126 valence electrons. The molecule has 0 saturated heterocycles. The van der Waals surface area contributed by atoms with E-state index in [2.05, 4.69) is 0 Å². The number of thiophene rings is 1. The fraction of sp³-hybridized carbons (Fsp3) is 0.188. The summed E-state index contributed by atoms with van der Waals surface area (Å²) in [6.45, 7) is -0.317. The topological polar surface area (TPSA) is 20.3 Å². The second-order valence-corrected chi connectivity index (χ2v) is 6.08. The molecular formula is C16H10F5NOS. The highest BCUT2D eigenvalue weighted by molar-refractivity contribution is 7.10. The number of carbonyl (C=O) groups excluding carboxylic acids is 1. The van der Waals surface area contributed by atoms with Crippen molar-refractivity contribution in [2.45, 2.75) is 19.1 Å². The minimum absolute atomic E-state index is 0.0323. The van der Waals surface area contributed by atoms with E-state index in [0.29, 0.717) is 21.4 Å². The summed E-state index contributed by atoms with van der Waals surface area (Å²) >= 11 is 1.12. The Hall–Kier alpha value is -2.22. The van der Waals surface area contributed by atoms with Crippen molar-refractivity contribution >= 4 is 28.5 Å². The van der Waals surface area contributed by atoms with Crippen LogP contribution in [-0.4, -0.2) is 18.5 Å². The Kier molecular flexibility index (Phi) is 4.16. The van der Waals surface area contributed by atoms with Gasteiger partial charge in [-0.1, -0.05) is 18.2 Å². The molecule has 2 nitrogen and oxygen atoms in total. The summed E-state index contributed by atoms with van der Waals surface area (Å²) in [7, 11) is 0. The van der Waals surface area contributed by atoms with E-state index >= 15 is 0 Å². The Labute approximate surface area is 137 Å². The quantitative estimate of drug-likeness (QED) is 0.667. The molecule has 1 aliphatic heterocycles. The summed E-state index contributed by atoms with van der Waals surface area (Å²) in [6, 6.07) is 7.34. The molecule has 1 aliphatic rings. The maximum Gasteiger partial charge on any atom is 0.471 e. The van der Waals surface area contributed by atoms with E-state index in [0.717, 1.165) is 11.3 Å². The lowest BCUT2D eigenvalue weighted by Crippen LogP contribution is -2.40. The van der Waals surface area contributed by atoms with Gasteiger partial charge in [-0.25, -0.2) is 8.78 Å². The average molecular weight is 359 g/mol. The Morgan fingerprint density at radius 1 is 1.17 bits per heavy atom. The standard InChI is InChI=1S/C16H10F5NOS/c17-14(18)7-11-9-3-1-2-4-12(9)22(15(23)16(19,20)21)8-13-10(11)5-6-24-13/h1-7,14H,8H2/b11-7+. The van der Waals surface area contributed by atoms with Gasteiger partial charge in [0.05, 0.1) is 12.2 Å². The molecule has 0 N–H and O–H groups in total. The summed E-state index contributed by atoms with van der Waals surface area (Å²) in [6.07, 6.45) is -7.13. The second-order valence-electron chi connectivity index (χ2n) is 5.08. The van der Waals surface area contributed by atoms with Crippen molar-refractivity contribution in [1.29, 1.82) is 0 Å². The zero-order valence-electron chi connectivity index (χ0n) is 12.0. The zero-order chi connectivity index (χ0) is 17.5. The number of alkyl halides is 5. The van der Waals surface area contributed by atoms with Gasteiger partial charge in [-0.2, -0.15) is 13.2 Å². The molecule has 0 saturated carbocycles. The van der Waals surface area contributed by atoms with Crippen LogP contribution >= 0.6 is 11.3 Å². The van der Waals surface area contributed by atoms with Gasteiger partial charge in [0.1, 0.15) is 0 Å². The third-order valence-corrected chi connectivity index (χ3v) is 4.51. The highest BCUT2D eigenvalue weighted by atomic mass is 32.1. The predicted octanol–water partition coefficient (Wildman–Crippen LogP) is 4.85. The second kappa shape index (κ2) is 6.01. The molecule has 0 bridgehead atoms. The van der Waals surface area contributed by atoms with Gasteiger partial charge < -0.3 is 0 Å². The lowest BCUT2D eigenvalue weighted by molar-refractivity contribution is -0.170. The number of amides is 1. The fourth-order valence-electron chi connectivity index (χ4n) is 2.65. The minimum Gasteiger partial charge on any atom is -0.299 e. The van der Waals surface area contributed by atoms with Crippen molar-refractivity contribution in [1.82, 2.24) is 0 Å². The Morgan fingerprint density at radius 2 is 1.88 bits per heavy atom. The van der Waals surface area contributed by atoms with Crippen molar-refractivity contribution in [3.05, 3.63) is 57.8 Å². The van der Waals surface area contributed by atoms with Crippen molar-refractivity contribution in [3.8, 4) is 0 Å². The number of benzene rings is 1. The molecule has 0 aliphatic carbocycles. The fourth-order valence-corrected chi connectivity index (χ4v) is 3.53. The molecule has 2 aromatic rings. The van der Waals surface area contributed by atoms with Crippen LogP contribution in [0.5, 0.6) is 0 Å². The van der Waals surface area contributed by atoms with Crippen LogP contribution < -0.4 is 4.90 Å². The van der Waals surface area contributed by atoms with Gasteiger partial charge >= 0.3 is 12.1 Å². The number of rotatable bonds is 1. The molecule has 1 aromatic carbocycles. The number of para-hydroxylation sites is 1. The third kappa shape index (κ3) is 2.93. The molecule has 2 heterocycles. The van der Waals surface area contributed by atoms with Crippen LogP contribution in [0.2, 0.25) is 0 Å². The summed E-state index contributed by atoms with van der Waals surface area (Å²) < 4.78 is 64.8. The van der Waals surface area contributed by atoms with E-state index in [4.69, 9.17) is 0 Å². The third-order valence-electron chi connectivity index (χ3n) is 3.60. The van der Waals surface area contributed by atoms with Crippen molar-refractivity contribution in [2.75, 3.05) is 4.90 Å². The molecular weight excluding hydrogens is 349 g/mol. The molecule has 0 fully saturated rings. The first-order valence-corrected chi connectivity index (χ1v) is 7.72. The molecule has 0 unspecified atom stereocenters. The number of anilines is 1. The van der Waals surface area contributed by atoms with Gasteiger partial charge in [-0.15, -0.1) is 11.3 Å². The summed E-state index contributed by atoms with van der Waals surface area (Å²) in [5, 5.41) is 1.61. The minimum atomic E-state index is -5.05. The van der Waals surface area contributed by atoms with Crippen LogP contribution in [0.4, 0.5) is 27.6 Å². The van der Waals surface area contributed by atoms with Gasteiger partial charge in [0.15, 0.2) is 0 Å². The number of hydrogen-bond acceptors (Lipinski definition) is 2. The maximum absolute atomic E-state index is 13.0. The Morgan fingerprint density at radius 3 is 2.54 bits per heavy atom. The number of halogens is 5. The van der Waals surface area contributed by atoms with Crippen LogP contribution in [-0.2, 0) is 11.3 Å². The molecule has 8 heteroatoms. The lowest BCUT2D eigenvalue weighted by Gasteiger charge is -2.23. The van der Waals surface area contributed by atoms with Gasteiger partial charge in [-0.05, 0) is 34.7 Å². The zero-order valence-corrected chi connectivity index (χ0v) is 12.8. The lowest BCUT2D eigenvalue weighted by atomic mass is 9.97. The Bertz CT molecular complexity index is 809. The first-order chi connectivity index (χ1) is 11.3. The number of fused-ring (bicyclic) bond motifs is 2. The molecule has 1 amide bonds. The van der Waals surface area contributed by atoms with Gasteiger partial charge in [0, 0.05) is 10.4 Å². The average Bonchev–Trinajstić information content (AvgIpc) is 2.92. The largest absolute Gasteiger partial charge is 0.471 e. The summed E-state index contributed by atoms with van der Waals surface area (Å²) in [4.78, 5) is 12.9. The molecule has 3 rings (SSSR count). The monoisotopic (exact) mass is 359 g/mol. The molecule has 0 spiro atoms. The number of carbonyl (C=O) groups is 1. The smallest absolute Gasteiger partial charge is 0.299 e. The van der Waals surface area contributed by atoms with Crippen molar-refractivity contribution in [2.24, 2.45) is 0 Å². The number of nitrogens with zero attached hydrogens (tertiary/aromatic N) is 1. The molecule has 24 heavy (non-hydrogen) atoms. The van der Waals surface area contributed by atoms with Crippen LogP contribution in [0.15, 0.2) is 41.8 Å². The van der Waals surface area contributed by atoms with E-state index in [1.54, 1.807) is 11.4 Å². The van der Waals surface area contributed by atoms with E-state index < -0.39 is 18.5 Å². The summed E-state index contributed by atoms with van der Waals surface area (Å²) in [5.41, 5.74) is 0.697. The number of allylic oxidation sites excluding steroid dienone is 1. The van der Waals surface area contributed by atoms with Crippen molar-refractivity contribution < 1.29 is 26.7 Å². The predicted molar refractivity (Wildman–Crippen MR) is 81.1 cm³/mol. The SMILES string of the molecule is O=C(N1Cc2sccc2/C(=C/C(F)F)c2ccccc21)C(F)(F)F. The summed E-state index contributed by atoms with van der Waals surface area (Å²) in [5.74, 6) is -2.02. The van der Waals surface area contributed by atoms with Crippen LogP contribution in [0, 0.1) is 0 Å². The van der Waals surface area contributed by atoms with Gasteiger partial charge in [0.25, 0.3) is 6.43 Å². The molecule has 1 aromatic heterocycles. The van der Waals surface area contributed by atoms with E-state index in [1.165, 1.54) is 24.3 Å². The van der Waals surface area contributed by atoms with Gasteiger partial charge in [0.2, 0.25) is 0 Å². The first kappa shape index (κ1) is 16.6. The van der Waals surface area contributed by atoms with E-state index in [9.17, 15) is 26.7 Å². The molecule has 0 atom stereocenters. The van der Waals surface area contributed by atoms with E-state index in [-0.39, 0.29) is 23.4 Å².